The third-order valence-corrected chi connectivity index (χ3v) is 3.54. The van der Waals surface area contributed by atoms with Crippen LogP contribution >= 0.6 is 15.9 Å². The maximum atomic E-state index is 5.67. The Morgan fingerprint density at radius 3 is 2.61 bits per heavy atom. The highest BCUT2D eigenvalue weighted by atomic mass is 79.9. The zero-order chi connectivity index (χ0) is 13.5. The van der Waals surface area contributed by atoms with Gasteiger partial charge in [-0.3, -0.25) is 11.3 Å². The zero-order valence-electron chi connectivity index (χ0n) is 11.4. The molecule has 102 valence electrons. The predicted molar refractivity (Wildman–Crippen MR) is 79.4 cm³/mol. The number of nitrogens with two attached hydrogens (primary N) is 1. The molecule has 1 aromatic rings. The summed E-state index contributed by atoms with van der Waals surface area (Å²) < 4.78 is 6.43. The highest BCUT2D eigenvalue weighted by Gasteiger charge is 2.15. The number of rotatable bonds is 7. The Kier molecular flexibility index (Phi) is 6.68. The van der Waals surface area contributed by atoms with Crippen LogP contribution in [0.4, 0.5) is 0 Å². The molecule has 0 amide bonds. The average Bonchev–Trinajstić information content (AvgIpc) is 2.34. The van der Waals surface area contributed by atoms with Crippen molar-refractivity contribution in [3.05, 3.63) is 28.2 Å². The van der Waals surface area contributed by atoms with E-state index in [1.165, 1.54) is 6.42 Å². The molecule has 1 rings (SSSR count). The normalized spacial score (nSPS) is 12.8. The predicted octanol–water partition coefficient (Wildman–Crippen LogP) is 3.79. The number of hydrogen-bond acceptors (Lipinski definition) is 3. The van der Waals surface area contributed by atoms with Crippen molar-refractivity contribution in [2.75, 3.05) is 7.11 Å². The molecule has 0 bridgehead atoms. The fraction of sp³-hybridized carbons (Fsp3) is 0.571. The molecule has 0 spiro atoms. The van der Waals surface area contributed by atoms with Gasteiger partial charge in [-0.05, 0) is 24.5 Å². The Balaban J connectivity index is 2.75. The second-order valence-corrected chi connectivity index (χ2v) is 5.85. The quantitative estimate of drug-likeness (QED) is 0.594. The monoisotopic (exact) mass is 314 g/mol. The van der Waals surface area contributed by atoms with Crippen molar-refractivity contribution >= 4 is 15.9 Å². The Labute approximate surface area is 118 Å². The van der Waals surface area contributed by atoms with Gasteiger partial charge in [-0.15, -0.1) is 0 Å². The molecule has 18 heavy (non-hydrogen) atoms. The van der Waals surface area contributed by atoms with E-state index < -0.39 is 0 Å². The highest BCUT2D eigenvalue weighted by molar-refractivity contribution is 9.10. The summed E-state index contributed by atoms with van der Waals surface area (Å²) in [5, 5.41) is 0. The van der Waals surface area contributed by atoms with E-state index in [4.69, 9.17) is 10.6 Å². The molecule has 0 radical (unpaired) electrons. The highest BCUT2D eigenvalue weighted by Crippen LogP contribution is 2.31. The largest absolute Gasteiger partial charge is 0.496 e. The van der Waals surface area contributed by atoms with E-state index >= 15 is 0 Å². The van der Waals surface area contributed by atoms with Gasteiger partial charge in [0, 0.05) is 16.1 Å². The van der Waals surface area contributed by atoms with E-state index in [9.17, 15) is 0 Å². The average molecular weight is 315 g/mol. The van der Waals surface area contributed by atoms with E-state index in [1.807, 2.05) is 12.1 Å². The van der Waals surface area contributed by atoms with Gasteiger partial charge >= 0.3 is 0 Å². The zero-order valence-corrected chi connectivity index (χ0v) is 13.0. The summed E-state index contributed by atoms with van der Waals surface area (Å²) in [7, 11) is 1.69. The number of ether oxygens (including phenoxy) is 1. The molecular formula is C14H23BrN2O. The second-order valence-electron chi connectivity index (χ2n) is 4.93. The van der Waals surface area contributed by atoms with Crippen molar-refractivity contribution in [1.29, 1.82) is 0 Å². The summed E-state index contributed by atoms with van der Waals surface area (Å²) in [6, 6.07) is 6.20. The molecule has 0 aliphatic carbocycles. The first-order valence-electron chi connectivity index (χ1n) is 6.38. The van der Waals surface area contributed by atoms with Gasteiger partial charge in [-0.1, -0.05) is 48.7 Å². The first-order valence-corrected chi connectivity index (χ1v) is 7.17. The van der Waals surface area contributed by atoms with Crippen LogP contribution in [0.25, 0.3) is 0 Å². The molecule has 0 aromatic heterocycles. The van der Waals surface area contributed by atoms with Gasteiger partial charge in [0.15, 0.2) is 0 Å². The number of hydrazine groups is 1. The Hall–Kier alpha value is -0.580. The molecule has 0 fully saturated rings. The molecule has 4 heteroatoms. The van der Waals surface area contributed by atoms with Gasteiger partial charge in [0.25, 0.3) is 0 Å². The standard InChI is InChI=1S/C14H23BrN2O/c1-10(2)5-4-6-13(17-16)12-8-7-11(15)9-14(12)18-3/h7-10,13,17H,4-6,16H2,1-3H3. The van der Waals surface area contributed by atoms with E-state index in [-0.39, 0.29) is 6.04 Å². The van der Waals surface area contributed by atoms with Crippen LogP contribution in [-0.4, -0.2) is 7.11 Å². The minimum absolute atomic E-state index is 0.145. The van der Waals surface area contributed by atoms with Crippen LogP contribution in [0.3, 0.4) is 0 Å². The fourth-order valence-electron chi connectivity index (χ4n) is 2.03. The molecule has 1 unspecified atom stereocenters. The number of hydrogen-bond donors (Lipinski definition) is 2. The minimum atomic E-state index is 0.145. The second kappa shape index (κ2) is 7.77. The molecule has 0 saturated carbocycles. The molecule has 0 saturated heterocycles. The molecule has 0 aliphatic heterocycles. The number of halogens is 1. The number of methoxy groups -OCH3 is 1. The van der Waals surface area contributed by atoms with Gasteiger partial charge in [0.05, 0.1) is 7.11 Å². The van der Waals surface area contributed by atoms with Crippen LogP contribution in [0.5, 0.6) is 5.75 Å². The lowest BCUT2D eigenvalue weighted by molar-refractivity contribution is 0.390. The lowest BCUT2D eigenvalue weighted by Gasteiger charge is -2.19. The molecular weight excluding hydrogens is 292 g/mol. The van der Waals surface area contributed by atoms with Crippen molar-refractivity contribution < 1.29 is 4.74 Å². The van der Waals surface area contributed by atoms with E-state index in [0.717, 1.165) is 34.5 Å². The van der Waals surface area contributed by atoms with Gasteiger partial charge < -0.3 is 4.74 Å². The molecule has 0 heterocycles. The van der Waals surface area contributed by atoms with Crippen molar-refractivity contribution in [3.63, 3.8) is 0 Å². The van der Waals surface area contributed by atoms with Crippen LogP contribution in [0.15, 0.2) is 22.7 Å². The van der Waals surface area contributed by atoms with Gasteiger partial charge in [0.2, 0.25) is 0 Å². The number of nitrogens with one attached hydrogen (secondary N) is 1. The van der Waals surface area contributed by atoms with E-state index in [1.54, 1.807) is 7.11 Å². The Morgan fingerprint density at radius 2 is 2.06 bits per heavy atom. The van der Waals surface area contributed by atoms with E-state index in [0.29, 0.717) is 0 Å². The van der Waals surface area contributed by atoms with Crippen molar-refractivity contribution in [3.8, 4) is 5.75 Å². The van der Waals surface area contributed by atoms with Crippen LogP contribution in [0, 0.1) is 5.92 Å². The van der Waals surface area contributed by atoms with Crippen LogP contribution in [0.2, 0.25) is 0 Å². The maximum Gasteiger partial charge on any atom is 0.124 e. The summed E-state index contributed by atoms with van der Waals surface area (Å²) in [6.07, 6.45) is 3.40. The molecule has 3 nitrogen and oxygen atoms in total. The molecule has 3 N–H and O–H groups in total. The van der Waals surface area contributed by atoms with Crippen LogP contribution < -0.4 is 16.0 Å². The third kappa shape index (κ3) is 4.59. The summed E-state index contributed by atoms with van der Waals surface area (Å²) in [4.78, 5) is 0. The van der Waals surface area contributed by atoms with E-state index in [2.05, 4.69) is 41.3 Å². The van der Waals surface area contributed by atoms with Crippen LogP contribution in [0.1, 0.15) is 44.7 Å². The van der Waals surface area contributed by atoms with Crippen molar-refractivity contribution in [1.82, 2.24) is 5.43 Å². The Morgan fingerprint density at radius 1 is 1.33 bits per heavy atom. The third-order valence-electron chi connectivity index (χ3n) is 3.05. The maximum absolute atomic E-state index is 5.67. The summed E-state index contributed by atoms with van der Waals surface area (Å²) in [6.45, 7) is 4.48. The SMILES string of the molecule is COc1cc(Br)ccc1C(CCCC(C)C)NN. The summed E-state index contributed by atoms with van der Waals surface area (Å²) >= 11 is 3.45. The topological polar surface area (TPSA) is 47.3 Å². The van der Waals surface area contributed by atoms with Crippen LogP contribution in [-0.2, 0) is 0 Å². The smallest absolute Gasteiger partial charge is 0.124 e. The van der Waals surface area contributed by atoms with Crippen molar-refractivity contribution in [2.45, 2.75) is 39.2 Å². The van der Waals surface area contributed by atoms with Gasteiger partial charge in [-0.25, -0.2) is 0 Å². The fourth-order valence-corrected chi connectivity index (χ4v) is 2.37. The molecule has 1 atom stereocenters. The first-order chi connectivity index (χ1) is 8.58. The minimum Gasteiger partial charge on any atom is -0.496 e. The lowest BCUT2D eigenvalue weighted by atomic mass is 9.98. The first kappa shape index (κ1) is 15.5. The van der Waals surface area contributed by atoms with Gasteiger partial charge in [-0.2, -0.15) is 0 Å². The molecule has 1 aromatic carbocycles. The van der Waals surface area contributed by atoms with Crippen molar-refractivity contribution in [2.24, 2.45) is 11.8 Å². The summed E-state index contributed by atoms with van der Waals surface area (Å²) in [5.74, 6) is 7.27. The summed E-state index contributed by atoms with van der Waals surface area (Å²) in [5.41, 5.74) is 4.01. The van der Waals surface area contributed by atoms with Gasteiger partial charge in [0.1, 0.15) is 5.75 Å². The lowest BCUT2D eigenvalue weighted by Crippen LogP contribution is -2.28. The molecule has 0 aliphatic rings. The number of benzene rings is 1. The Bertz CT molecular complexity index is 369.